The molecular formula is C24H32ClN5O3. The molecule has 2 amide bonds. The summed E-state index contributed by atoms with van der Waals surface area (Å²) in [6.45, 7) is 4.68. The molecule has 2 aliphatic rings. The molecule has 8 nitrogen and oxygen atoms in total. The molecule has 0 unspecified atom stereocenters. The van der Waals surface area contributed by atoms with Gasteiger partial charge in [0.25, 0.3) is 5.91 Å². The van der Waals surface area contributed by atoms with Crippen molar-refractivity contribution in [2.24, 2.45) is 12.5 Å². The number of carbonyl (C=O) groups excluding carboxylic acids is 2. The molecule has 2 saturated heterocycles. The lowest BCUT2D eigenvalue weighted by molar-refractivity contribution is -0.137. The quantitative estimate of drug-likeness (QED) is 0.644. The van der Waals surface area contributed by atoms with Crippen molar-refractivity contribution in [2.75, 3.05) is 52.9 Å². The summed E-state index contributed by atoms with van der Waals surface area (Å²) in [4.78, 5) is 32.4. The van der Waals surface area contributed by atoms with Gasteiger partial charge < -0.3 is 19.4 Å². The number of hydrogen-bond acceptors (Lipinski definition) is 5. The maximum absolute atomic E-state index is 13.3. The number of carbonyl (C=O) groups is 2. The molecule has 0 radical (unpaired) electrons. The van der Waals surface area contributed by atoms with E-state index >= 15 is 0 Å². The van der Waals surface area contributed by atoms with Crippen LogP contribution in [0.3, 0.4) is 0 Å². The van der Waals surface area contributed by atoms with E-state index in [0.29, 0.717) is 42.6 Å². The highest BCUT2D eigenvalue weighted by Gasteiger charge is 2.41. The minimum atomic E-state index is -0.467. The van der Waals surface area contributed by atoms with Crippen molar-refractivity contribution in [2.45, 2.75) is 19.3 Å². The second kappa shape index (κ2) is 10.1. The zero-order chi connectivity index (χ0) is 23.4. The monoisotopic (exact) mass is 473 g/mol. The highest BCUT2D eigenvalue weighted by Crippen LogP contribution is 2.36. The van der Waals surface area contributed by atoms with Crippen molar-refractivity contribution in [3.05, 3.63) is 47.2 Å². The van der Waals surface area contributed by atoms with Crippen molar-refractivity contribution in [3.63, 3.8) is 0 Å². The zero-order valence-corrected chi connectivity index (χ0v) is 20.1. The molecule has 1 aromatic carbocycles. The zero-order valence-electron chi connectivity index (χ0n) is 19.4. The predicted molar refractivity (Wildman–Crippen MR) is 126 cm³/mol. The highest BCUT2D eigenvalue weighted by atomic mass is 35.5. The lowest BCUT2D eigenvalue weighted by Gasteiger charge is -2.43. The summed E-state index contributed by atoms with van der Waals surface area (Å²) >= 11 is 6.13. The molecule has 0 bridgehead atoms. The number of piperidine rings is 1. The Labute approximate surface area is 200 Å². The van der Waals surface area contributed by atoms with E-state index in [1.807, 2.05) is 21.9 Å². The Balaban J connectivity index is 1.52. The van der Waals surface area contributed by atoms with E-state index in [4.69, 9.17) is 16.3 Å². The third kappa shape index (κ3) is 5.86. The number of hydrogen-bond donors (Lipinski definition) is 0. The number of aromatic nitrogens is 2. The molecule has 3 heterocycles. The number of likely N-dealkylation sites (tertiary alicyclic amines) is 1. The van der Waals surface area contributed by atoms with Crippen molar-refractivity contribution in [1.29, 1.82) is 0 Å². The van der Waals surface area contributed by atoms with Crippen LogP contribution in [0.5, 0.6) is 5.75 Å². The van der Waals surface area contributed by atoms with E-state index in [-0.39, 0.29) is 11.8 Å². The molecule has 0 spiro atoms. The normalized spacial score (nSPS) is 21.8. The fraction of sp³-hybridized carbons (Fsp3) is 0.542. The molecule has 2 fully saturated rings. The summed E-state index contributed by atoms with van der Waals surface area (Å²) in [5, 5.41) is 4.88. The third-order valence-electron chi connectivity index (χ3n) is 6.60. The van der Waals surface area contributed by atoms with E-state index in [2.05, 4.69) is 17.0 Å². The van der Waals surface area contributed by atoms with Gasteiger partial charge in [-0.1, -0.05) is 17.7 Å². The van der Waals surface area contributed by atoms with Gasteiger partial charge in [0.1, 0.15) is 11.4 Å². The summed E-state index contributed by atoms with van der Waals surface area (Å²) in [6, 6.07) is 9.02. The van der Waals surface area contributed by atoms with Crippen molar-refractivity contribution in [3.8, 4) is 5.75 Å². The van der Waals surface area contributed by atoms with Crippen LogP contribution in [0.25, 0.3) is 0 Å². The molecule has 2 aliphatic heterocycles. The number of likely N-dealkylation sites (N-methyl/N-ethyl adjacent to an activating group) is 1. The van der Waals surface area contributed by atoms with Gasteiger partial charge in [0, 0.05) is 69.4 Å². The van der Waals surface area contributed by atoms with Gasteiger partial charge in [0.05, 0.1) is 6.61 Å². The van der Waals surface area contributed by atoms with Gasteiger partial charge in [0.15, 0.2) is 0 Å². The summed E-state index contributed by atoms with van der Waals surface area (Å²) in [6.07, 6.45) is 3.75. The van der Waals surface area contributed by atoms with Crippen LogP contribution < -0.4 is 4.74 Å². The van der Waals surface area contributed by atoms with Crippen LogP contribution >= 0.6 is 11.6 Å². The molecule has 0 saturated carbocycles. The lowest BCUT2D eigenvalue weighted by Crippen LogP contribution is -2.53. The number of halogens is 1. The maximum atomic E-state index is 13.3. The summed E-state index contributed by atoms with van der Waals surface area (Å²) in [5.41, 5.74) is -0.0414. The number of amides is 2. The van der Waals surface area contributed by atoms with Crippen LogP contribution in [0.2, 0.25) is 5.02 Å². The summed E-state index contributed by atoms with van der Waals surface area (Å²) < 4.78 is 7.78. The third-order valence-corrected chi connectivity index (χ3v) is 6.84. The van der Waals surface area contributed by atoms with Gasteiger partial charge in [-0.25, -0.2) is 0 Å². The molecule has 0 N–H and O–H groups in total. The van der Waals surface area contributed by atoms with Crippen LogP contribution in [-0.4, -0.2) is 89.2 Å². The van der Waals surface area contributed by atoms with Crippen LogP contribution in [0.15, 0.2) is 36.5 Å². The number of piperazine rings is 1. The first-order chi connectivity index (χ1) is 15.8. The molecule has 1 atom stereocenters. The van der Waals surface area contributed by atoms with Gasteiger partial charge in [-0.05, 0) is 44.2 Å². The fourth-order valence-electron chi connectivity index (χ4n) is 4.67. The Morgan fingerprint density at radius 3 is 2.58 bits per heavy atom. The van der Waals surface area contributed by atoms with Gasteiger partial charge in [0.2, 0.25) is 5.91 Å². The van der Waals surface area contributed by atoms with Crippen molar-refractivity contribution in [1.82, 2.24) is 24.5 Å². The number of rotatable bonds is 6. The Hall–Kier alpha value is -2.58. The molecule has 4 rings (SSSR count). The second-order valence-corrected chi connectivity index (χ2v) is 9.75. The topological polar surface area (TPSA) is 70.9 Å². The van der Waals surface area contributed by atoms with Crippen molar-refractivity contribution >= 4 is 23.4 Å². The smallest absolute Gasteiger partial charge is 0.274 e. The molecule has 0 aliphatic carbocycles. The molecule has 1 aromatic heterocycles. The van der Waals surface area contributed by atoms with Gasteiger partial charge >= 0.3 is 0 Å². The van der Waals surface area contributed by atoms with Gasteiger partial charge in [-0.2, -0.15) is 5.10 Å². The predicted octanol–water partition coefficient (Wildman–Crippen LogP) is 2.54. The fourth-order valence-corrected chi connectivity index (χ4v) is 4.85. The van der Waals surface area contributed by atoms with E-state index < -0.39 is 5.41 Å². The number of aryl methyl sites for hydroxylation is 1. The van der Waals surface area contributed by atoms with Gasteiger partial charge in [-0.15, -0.1) is 0 Å². The minimum absolute atomic E-state index is 0.102. The minimum Gasteiger partial charge on any atom is -0.493 e. The molecule has 2 aromatic rings. The standard InChI is InChI=1S/C24H32ClN5O3/c1-27-11-13-29(14-12-27)22(31)16-24(18-33-20-6-3-5-19(25)15-20)8-4-9-30(17-24)23(32)21-7-10-28(2)26-21/h3,5-7,10,15H,4,8-9,11-14,16-18H2,1-2H3/t24-/m0/s1. The Bertz CT molecular complexity index is 988. The molecule has 9 heteroatoms. The first-order valence-corrected chi connectivity index (χ1v) is 11.8. The largest absolute Gasteiger partial charge is 0.493 e. The summed E-state index contributed by atoms with van der Waals surface area (Å²) in [5.74, 6) is 0.696. The average Bonchev–Trinajstić information content (AvgIpc) is 3.24. The van der Waals surface area contributed by atoms with Crippen LogP contribution in [0.4, 0.5) is 0 Å². The molecule has 178 valence electrons. The van der Waals surface area contributed by atoms with E-state index in [1.54, 1.807) is 36.1 Å². The maximum Gasteiger partial charge on any atom is 0.274 e. The van der Waals surface area contributed by atoms with E-state index in [0.717, 1.165) is 39.0 Å². The number of nitrogens with zero attached hydrogens (tertiary/aromatic N) is 5. The van der Waals surface area contributed by atoms with Crippen molar-refractivity contribution < 1.29 is 14.3 Å². The summed E-state index contributed by atoms with van der Waals surface area (Å²) in [7, 11) is 3.87. The van der Waals surface area contributed by atoms with Crippen LogP contribution in [0, 0.1) is 5.41 Å². The van der Waals surface area contributed by atoms with E-state index in [9.17, 15) is 9.59 Å². The molecule has 33 heavy (non-hydrogen) atoms. The average molecular weight is 474 g/mol. The number of ether oxygens (including phenoxy) is 1. The van der Waals surface area contributed by atoms with E-state index in [1.165, 1.54) is 0 Å². The molecular weight excluding hydrogens is 442 g/mol. The van der Waals surface area contributed by atoms with Crippen LogP contribution in [0.1, 0.15) is 29.8 Å². The Morgan fingerprint density at radius 2 is 1.88 bits per heavy atom. The number of benzene rings is 1. The first kappa shape index (κ1) is 23.6. The lowest BCUT2D eigenvalue weighted by atomic mass is 9.77. The van der Waals surface area contributed by atoms with Gasteiger partial charge in [-0.3, -0.25) is 14.3 Å². The van der Waals surface area contributed by atoms with Crippen LogP contribution in [-0.2, 0) is 11.8 Å². The highest BCUT2D eigenvalue weighted by molar-refractivity contribution is 6.30. The second-order valence-electron chi connectivity index (χ2n) is 9.31. The Kier molecular flexibility index (Phi) is 7.24. The SMILES string of the molecule is CN1CCN(C(=O)C[C@@]2(COc3cccc(Cl)c3)CCCN(C(=O)c3ccn(C)n3)C2)CC1. The Morgan fingerprint density at radius 1 is 1.09 bits per heavy atom. The first-order valence-electron chi connectivity index (χ1n) is 11.5.